The van der Waals surface area contributed by atoms with Crippen LogP contribution in [0.5, 0.6) is 0 Å². The number of hydrogen-bond acceptors (Lipinski definition) is 3. The van der Waals surface area contributed by atoms with E-state index >= 15 is 0 Å². The van der Waals surface area contributed by atoms with Crippen LogP contribution in [0.1, 0.15) is 43.2 Å². The molecule has 0 saturated carbocycles. The summed E-state index contributed by atoms with van der Waals surface area (Å²) in [7, 11) is 2.25. The van der Waals surface area contributed by atoms with Crippen molar-refractivity contribution in [1.29, 1.82) is 0 Å². The molecule has 2 aliphatic carbocycles. The molecule has 2 aliphatic rings. The average molecular weight is 324 g/mol. The molecule has 0 radical (unpaired) electrons. The van der Waals surface area contributed by atoms with Gasteiger partial charge in [-0.2, -0.15) is 26.9 Å². The zero-order valence-corrected chi connectivity index (χ0v) is 14.9. The minimum absolute atomic E-state index is 0. The van der Waals surface area contributed by atoms with Crippen LogP contribution in [0.3, 0.4) is 0 Å². The first-order valence-electron chi connectivity index (χ1n) is 6.76. The molecule has 21 heavy (non-hydrogen) atoms. The van der Waals surface area contributed by atoms with Crippen molar-refractivity contribution in [2.24, 2.45) is 0 Å². The van der Waals surface area contributed by atoms with Crippen LogP contribution in [0, 0.1) is 6.42 Å². The van der Waals surface area contributed by atoms with Crippen molar-refractivity contribution in [1.82, 2.24) is 0 Å². The topological polar surface area (TPSA) is 69.2 Å². The summed E-state index contributed by atoms with van der Waals surface area (Å²) in [6, 6.07) is 8.89. The molecule has 3 nitrogen and oxygen atoms in total. The van der Waals surface area contributed by atoms with Gasteiger partial charge < -0.3 is 15.3 Å². The van der Waals surface area contributed by atoms with Crippen LogP contribution in [0.2, 0.25) is 0 Å². The summed E-state index contributed by atoms with van der Waals surface area (Å²) in [5.74, 6) is 0.640. The van der Waals surface area contributed by atoms with Gasteiger partial charge in [0.25, 0.3) is 0 Å². The summed E-state index contributed by atoms with van der Waals surface area (Å²) in [5, 5.41) is 24.8. The van der Waals surface area contributed by atoms with Gasteiger partial charge in [-0.3, -0.25) is 0 Å². The molecule has 0 amide bonds. The van der Waals surface area contributed by atoms with Gasteiger partial charge >= 0.3 is 21.7 Å². The normalized spacial score (nSPS) is 17.0. The van der Waals surface area contributed by atoms with E-state index in [9.17, 15) is 0 Å². The van der Waals surface area contributed by atoms with Gasteiger partial charge in [0, 0.05) is 0 Å². The van der Waals surface area contributed by atoms with Gasteiger partial charge in [0.05, 0.1) is 0 Å². The van der Waals surface area contributed by atoms with Crippen molar-refractivity contribution in [2.45, 2.75) is 32.1 Å². The minimum Gasteiger partial charge on any atom is -0.857 e. The quantitative estimate of drug-likeness (QED) is 0.525. The molecule has 4 heteroatoms. The molecule has 1 aromatic carbocycles. The van der Waals surface area contributed by atoms with Gasteiger partial charge in [-0.15, -0.1) is 6.42 Å². The van der Waals surface area contributed by atoms with Crippen LogP contribution in [0.25, 0.3) is 5.57 Å². The molecule has 0 bridgehead atoms. The van der Waals surface area contributed by atoms with E-state index in [4.69, 9.17) is 15.3 Å². The van der Waals surface area contributed by atoms with Gasteiger partial charge in [-0.1, -0.05) is 55.2 Å². The zero-order valence-electron chi connectivity index (χ0n) is 13.3. The van der Waals surface area contributed by atoms with Crippen LogP contribution < -0.4 is 15.3 Å². The molecule has 0 aliphatic heterocycles. The first-order valence-corrected chi connectivity index (χ1v) is 6.76. The molecule has 0 fully saturated rings. The Bertz CT molecular complexity index is 416. The maximum Gasteiger partial charge on any atom is 4.00 e. The van der Waals surface area contributed by atoms with Gasteiger partial charge in [0.15, 0.2) is 0 Å². The number of hydrogen-bond donors (Lipinski definition) is 0. The van der Waals surface area contributed by atoms with Crippen LogP contribution >= 0.6 is 0 Å². The standard InChI is InChI=1S/C14H15.3CH3O.Ti/c1-10-11-6-2-4-8-13(11)14-9-5-3-7-12(10)14;3*1-2;/h2,4,6-8,10H,3,5,9H2,1H3;3*1H3;/q4*-1;+4. The molecule has 0 spiro atoms. The van der Waals surface area contributed by atoms with Crippen molar-refractivity contribution in [3.05, 3.63) is 47.4 Å². The summed E-state index contributed by atoms with van der Waals surface area (Å²) in [6.45, 7) is 2.34. The fourth-order valence-electron chi connectivity index (χ4n) is 2.85. The Morgan fingerprint density at radius 2 is 1.57 bits per heavy atom. The molecule has 0 N–H and O–H groups in total. The van der Waals surface area contributed by atoms with Crippen LogP contribution in [0.15, 0.2) is 29.8 Å². The van der Waals surface area contributed by atoms with Gasteiger partial charge in [-0.25, -0.2) is 12.0 Å². The Balaban J connectivity index is 0. The predicted octanol–water partition coefficient (Wildman–Crippen LogP) is 0.872. The van der Waals surface area contributed by atoms with E-state index in [2.05, 4.69) is 37.6 Å². The van der Waals surface area contributed by atoms with E-state index in [1.165, 1.54) is 30.4 Å². The molecular weight excluding hydrogens is 300 g/mol. The SMILES string of the molecule is CC1C2=C(CCC[CH-]2)c2ccccc21.C[O-].C[O-].C[O-].[Ti+4]. The molecule has 0 aromatic heterocycles. The second kappa shape index (κ2) is 13.1. The third-order valence-electron chi connectivity index (χ3n) is 3.56. The van der Waals surface area contributed by atoms with Gasteiger partial charge in [-0.05, 0) is 5.92 Å². The summed E-state index contributed by atoms with van der Waals surface area (Å²) >= 11 is 0. The fraction of sp³-hybridized carbons (Fsp3) is 0.471. The Kier molecular flexibility index (Phi) is 14.2. The molecule has 1 unspecified atom stereocenters. The van der Waals surface area contributed by atoms with Crippen molar-refractivity contribution < 1.29 is 37.0 Å². The molecule has 3 rings (SSSR count). The molecule has 1 atom stereocenters. The van der Waals surface area contributed by atoms with Gasteiger partial charge in [0.1, 0.15) is 0 Å². The maximum absolute atomic E-state index is 8.25. The molecule has 0 saturated heterocycles. The van der Waals surface area contributed by atoms with Crippen molar-refractivity contribution in [3.8, 4) is 0 Å². The Labute approximate surface area is 143 Å². The minimum atomic E-state index is 0. The Morgan fingerprint density at radius 1 is 1.00 bits per heavy atom. The van der Waals surface area contributed by atoms with Crippen LogP contribution in [-0.4, -0.2) is 21.3 Å². The average Bonchev–Trinajstić information content (AvgIpc) is 2.87. The van der Waals surface area contributed by atoms with Crippen molar-refractivity contribution in [2.75, 3.05) is 21.3 Å². The summed E-state index contributed by atoms with van der Waals surface area (Å²) in [6.07, 6.45) is 6.34. The molecular formula is C17H24O3Ti. The first-order chi connectivity index (χ1) is 9.88. The van der Waals surface area contributed by atoms with E-state index < -0.39 is 0 Å². The number of rotatable bonds is 0. The van der Waals surface area contributed by atoms with E-state index in [0.717, 1.165) is 21.3 Å². The smallest absolute Gasteiger partial charge is 0.857 e. The fourth-order valence-corrected chi connectivity index (χ4v) is 2.85. The van der Waals surface area contributed by atoms with E-state index in [1.54, 1.807) is 11.1 Å². The summed E-state index contributed by atoms with van der Waals surface area (Å²) in [4.78, 5) is 0. The third-order valence-corrected chi connectivity index (χ3v) is 3.56. The Morgan fingerprint density at radius 3 is 2.19 bits per heavy atom. The van der Waals surface area contributed by atoms with Crippen molar-refractivity contribution >= 4 is 5.57 Å². The van der Waals surface area contributed by atoms with Crippen LogP contribution in [0.4, 0.5) is 0 Å². The number of fused-ring (bicyclic) bond motifs is 2. The van der Waals surface area contributed by atoms with E-state index in [-0.39, 0.29) is 21.7 Å². The summed E-state index contributed by atoms with van der Waals surface area (Å²) in [5.41, 5.74) is 6.29. The molecule has 1 aromatic rings. The predicted molar refractivity (Wildman–Crippen MR) is 77.7 cm³/mol. The van der Waals surface area contributed by atoms with Gasteiger partial charge in [0.2, 0.25) is 0 Å². The third kappa shape index (κ3) is 5.28. The van der Waals surface area contributed by atoms with E-state index in [0.29, 0.717) is 5.92 Å². The second-order valence-electron chi connectivity index (χ2n) is 4.34. The maximum atomic E-state index is 8.25. The molecule has 114 valence electrons. The van der Waals surface area contributed by atoms with Crippen molar-refractivity contribution in [3.63, 3.8) is 0 Å². The monoisotopic (exact) mass is 324 g/mol. The molecule has 0 heterocycles. The number of allylic oxidation sites excluding steroid dienone is 2. The second-order valence-corrected chi connectivity index (χ2v) is 4.34. The Hall–Kier alpha value is -0.576. The van der Waals surface area contributed by atoms with Crippen LogP contribution in [-0.2, 0) is 21.7 Å². The summed E-state index contributed by atoms with van der Waals surface area (Å²) < 4.78 is 0. The zero-order chi connectivity index (χ0) is 15.5. The number of benzene rings is 1. The largest absolute Gasteiger partial charge is 4.00 e. The first kappa shape index (κ1) is 22.7. The van der Waals surface area contributed by atoms with E-state index in [1.807, 2.05) is 0 Å².